The molecule has 0 N–H and O–H groups in total. The van der Waals surface area contributed by atoms with Crippen LogP contribution in [0.5, 0.6) is 0 Å². The Kier molecular flexibility index (Phi) is 27.3. The van der Waals surface area contributed by atoms with E-state index in [1.807, 2.05) is 5.17 Å². The van der Waals surface area contributed by atoms with E-state index in [0.29, 0.717) is 5.92 Å². The van der Waals surface area contributed by atoms with E-state index < -0.39 is 0 Å². The second kappa shape index (κ2) is 34.9. The normalized spacial score (nSPS) is 13.8. The third-order valence-corrected chi connectivity index (χ3v) is 21.3. The molecular formula is C84H88Mg3Si2. The first-order valence-corrected chi connectivity index (χ1v) is 37.6. The minimum Gasteiger partial charge on any atom is -0.164 e. The van der Waals surface area contributed by atoms with Gasteiger partial charge < -0.3 is 0 Å². The van der Waals surface area contributed by atoms with Crippen LogP contribution in [-0.2, 0) is 12.8 Å². The zero-order chi connectivity index (χ0) is 59.0. The average Bonchev–Trinajstić information content (AvgIpc) is 1.94. The number of hydrogen-bond acceptors (Lipinski definition) is 0. The van der Waals surface area contributed by atoms with Gasteiger partial charge in [-0.1, -0.05) is 245 Å². The first kappa shape index (κ1) is 69.6. The fourth-order valence-corrected chi connectivity index (χ4v) is 16.3. The SMILES string of the molecule is CCCCc1cc2c(-c3ccccc3)cccc2[cH-]1.C[Si](C)=C1CCCCC1c1cc2c(-c3ccccc3)cccc2[cH-]1.C[Si](C)=CCCCc1cc2c(-c3ccccc3)cccc2[cH-]1.[Mg+2].[Mg+2].[Mg].c1ccc(-c2cccc3[cH-]c(C4CCCCC4)cc23)cc1. The number of fused-ring (bicyclic) bond motifs is 4. The van der Waals surface area contributed by atoms with Crippen molar-refractivity contribution in [3.05, 3.63) is 265 Å². The van der Waals surface area contributed by atoms with Gasteiger partial charge in [-0.25, -0.2) is 0 Å². The van der Waals surface area contributed by atoms with Gasteiger partial charge in [0.15, 0.2) is 0 Å². The molecule has 2 radical (unpaired) electrons. The molecule has 5 heteroatoms. The zero-order valence-electron chi connectivity index (χ0n) is 54.1. The second-order valence-corrected chi connectivity index (χ2v) is 30.1. The Bertz CT molecular complexity index is 4140. The molecule has 2 aliphatic carbocycles. The second-order valence-electron chi connectivity index (χ2n) is 24.9. The van der Waals surface area contributed by atoms with Crippen LogP contribution in [0, 0.1) is 0 Å². The Morgan fingerprint density at radius 1 is 0.404 bits per heavy atom. The smallest absolute Gasteiger partial charge is 0.164 e. The molecule has 14 rings (SSSR count). The van der Waals surface area contributed by atoms with Gasteiger partial charge in [0.2, 0.25) is 0 Å². The molecule has 89 heavy (non-hydrogen) atoms. The van der Waals surface area contributed by atoms with Crippen molar-refractivity contribution in [2.45, 2.75) is 141 Å². The van der Waals surface area contributed by atoms with Gasteiger partial charge in [0, 0.05) is 31.5 Å². The van der Waals surface area contributed by atoms with Gasteiger partial charge in [0.25, 0.3) is 0 Å². The maximum atomic E-state index is 2.52. The van der Waals surface area contributed by atoms with E-state index >= 15 is 0 Å². The molecule has 0 amide bonds. The Balaban J connectivity index is 0.000000152. The summed E-state index contributed by atoms with van der Waals surface area (Å²) in [5.41, 5.74) is 19.3. The summed E-state index contributed by atoms with van der Waals surface area (Å²) in [5, 5.41) is 13.0. The van der Waals surface area contributed by atoms with Gasteiger partial charge in [-0.2, -0.15) is 24.3 Å². The number of hydrogen-bond donors (Lipinski definition) is 0. The first-order chi connectivity index (χ1) is 42.3. The molecule has 0 bridgehead atoms. The maximum Gasteiger partial charge on any atom is 2.00 e. The van der Waals surface area contributed by atoms with Gasteiger partial charge in [-0.3, -0.25) is 0 Å². The molecule has 1 atom stereocenters. The topological polar surface area (TPSA) is 0 Å². The number of rotatable bonds is 13. The number of unbranched alkanes of at least 4 members (excludes halogenated alkanes) is 2. The molecule has 0 heterocycles. The Hall–Kier alpha value is -5.33. The Labute approximate surface area is 585 Å². The summed E-state index contributed by atoms with van der Waals surface area (Å²) in [6.07, 6.45) is 19.9. The molecule has 0 nitrogen and oxygen atoms in total. The molecule has 2 aliphatic rings. The number of benzene rings is 8. The first-order valence-electron chi connectivity index (χ1n) is 32.5. The molecule has 0 spiro atoms. The summed E-state index contributed by atoms with van der Waals surface area (Å²) < 4.78 is 0. The van der Waals surface area contributed by atoms with Crippen LogP contribution in [0.2, 0.25) is 26.2 Å². The minimum absolute atomic E-state index is 0. The van der Waals surface area contributed by atoms with Crippen LogP contribution in [0.3, 0.4) is 0 Å². The van der Waals surface area contributed by atoms with E-state index in [1.54, 1.807) is 11.1 Å². The molecule has 2 fully saturated rings. The largest absolute Gasteiger partial charge is 2.00 e. The van der Waals surface area contributed by atoms with Gasteiger partial charge in [-0.15, -0.1) is 144 Å². The molecule has 0 aliphatic heterocycles. The molecule has 1 unspecified atom stereocenters. The van der Waals surface area contributed by atoms with Gasteiger partial charge in [-0.05, 0) is 100 Å². The van der Waals surface area contributed by atoms with Crippen molar-refractivity contribution >= 4 is 140 Å². The van der Waals surface area contributed by atoms with Crippen LogP contribution in [0.15, 0.2) is 243 Å². The van der Waals surface area contributed by atoms with E-state index in [4.69, 9.17) is 0 Å². The fraction of sp³-hybridized carbons (Fsp3) is 0.262. The van der Waals surface area contributed by atoms with Crippen molar-refractivity contribution in [1.82, 2.24) is 0 Å². The van der Waals surface area contributed by atoms with E-state index in [9.17, 15) is 0 Å². The summed E-state index contributed by atoms with van der Waals surface area (Å²) >= 11 is 0. The predicted octanol–water partition coefficient (Wildman–Crippen LogP) is 22.8. The minimum atomic E-state index is -0.313. The van der Waals surface area contributed by atoms with E-state index in [-0.39, 0.29) is 86.0 Å². The predicted molar refractivity (Wildman–Crippen MR) is 402 cm³/mol. The Morgan fingerprint density at radius 3 is 1.20 bits per heavy atom. The van der Waals surface area contributed by atoms with Crippen molar-refractivity contribution < 1.29 is 0 Å². The van der Waals surface area contributed by atoms with Crippen LogP contribution in [0.25, 0.3) is 87.6 Å². The average molecular weight is 1230 g/mol. The third-order valence-electron chi connectivity index (χ3n) is 18.3. The van der Waals surface area contributed by atoms with Crippen molar-refractivity contribution in [3.63, 3.8) is 0 Å². The monoisotopic (exact) mass is 1220 g/mol. The summed E-state index contributed by atoms with van der Waals surface area (Å²) in [6, 6.07) is 88.9. The summed E-state index contributed by atoms with van der Waals surface area (Å²) in [5.74, 6) is 1.49. The number of aryl methyl sites for hydroxylation is 2. The standard InChI is InChI=1S/C23H25Si.C21H23Si.C21H21.C19H19.3Mg/c1-24(2)23-14-7-6-12-21(23)19-15-18-11-8-13-20(22(18)16-19)17-9-4-3-5-10-17;1-22(2)14-7-6-9-17-15-19-12-8-13-20(21(19)16-17)18-10-4-3-5-11-18;1-3-8-16(9-4-1)19-14-18-12-7-13-20(21(18)15-19)17-10-5-2-6-11-17;1-2-3-8-15-13-17-11-7-12-18(19(17)14-15)16-9-5-4-6-10-16;;;/h3-5,8-11,13,15-16,21H,6-7,12,14H2,1-2H3;3-5,8,10-16H,6-7,9H2,1-2H3;2,5-7,10-16H,1,3-4,8-9H2;4-7,9-14H,2-3,8H2,1H3;;;/q4*-1;;2*+2. The van der Waals surface area contributed by atoms with Gasteiger partial charge in [0.05, 0.1) is 0 Å². The van der Waals surface area contributed by atoms with Gasteiger partial charge in [0.1, 0.15) is 0 Å². The van der Waals surface area contributed by atoms with E-state index in [2.05, 4.69) is 281 Å². The van der Waals surface area contributed by atoms with Crippen molar-refractivity contribution in [2.75, 3.05) is 0 Å². The maximum absolute atomic E-state index is 2.52. The van der Waals surface area contributed by atoms with Crippen LogP contribution in [0.4, 0.5) is 0 Å². The quantitative estimate of drug-likeness (QED) is 0.0613. The zero-order valence-corrected chi connectivity index (χ0v) is 60.3. The van der Waals surface area contributed by atoms with Crippen LogP contribution in [0.1, 0.15) is 124 Å². The van der Waals surface area contributed by atoms with Crippen molar-refractivity contribution in [3.8, 4) is 44.5 Å². The molecule has 0 saturated heterocycles. The molecule has 438 valence electrons. The molecule has 2 saturated carbocycles. The summed E-state index contributed by atoms with van der Waals surface area (Å²) in [4.78, 5) is 0. The molecule has 12 aromatic rings. The molecular weight excluding hydrogens is 1140 g/mol. The van der Waals surface area contributed by atoms with Crippen molar-refractivity contribution in [1.29, 1.82) is 0 Å². The van der Waals surface area contributed by atoms with Crippen molar-refractivity contribution in [2.24, 2.45) is 0 Å². The summed E-state index contributed by atoms with van der Waals surface area (Å²) in [7, 11) is -0.493. The van der Waals surface area contributed by atoms with Crippen LogP contribution in [-0.4, -0.2) is 96.8 Å². The van der Waals surface area contributed by atoms with Crippen LogP contribution >= 0.6 is 0 Å². The van der Waals surface area contributed by atoms with Gasteiger partial charge >= 0.3 is 46.1 Å². The fourth-order valence-electron chi connectivity index (χ4n) is 13.8. The van der Waals surface area contributed by atoms with E-state index in [0.717, 1.165) is 5.92 Å². The molecule has 12 aromatic carbocycles. The Morgan fingerprint density at radius 2 is 0.787 bits per heavy atom. The summed E-state index contributed by atoms with van der Waals surface area (Å²) in [6.45, 7) is 11.9. The third kappa shape index (κ3) is 18.0. The van der Waals surface area contributed by atoms with E-state index in [1.165, 1.54) is 195 Å². The molecule has 0 aromatic heterocycles. The van der Waals surface area contributed by atoms with Crippen LogP contribution < -0.4 is 0 Å².